The summed E-state index contributed by atoms with van der Waals surface area (Å²) < 4.78 is 0. The Kier molecular flexibility index (Phi) is 11.5. The summed E-state index contributed by atoms with van der Waals surface area (Å²) in [7, 11) is 0. The zero-order valence-electron chi connectivity index (χ0n) is 12.5. The van der Waals surface area contributed by atoms with Gasteiger partial charge < -0.3 is 9.90 Å². The molecule has 18 heavy (non-hydrogen) atoms. The summed E-state index contributed by atoms with van der Waals surface area (Å²) in [4.78, 5) is 10.3. The van der Waals surface area contributed by atoms with Crippen LogP contribution in [-0.2, 0) is 4.79 Å². The smallest absolute Gasteiger partial charge is 0.119 e. The van der Waals surface area contributed by atoms with Gasteiger partial charge in [-0.05, 0) is 37.5 Å². The van der Waals surface area contributed by atoms with Crippen LogP contribution in [0.4, 0.5) is 0 Å². The molecule has 0 aliphatic heterocycles. The molecule has 0 aliphatic carbocycles. The van der Waals surface area contributed by atoms with Gasteiger partial charge in [-0.15, -0.1) is 0 Å². The minimum atomic E-state index is -0.150. The fraction of sp³-hybridized carbons (Fsp3) is 0.938. The molecule has 0 rings (SSSR count). The molecule has 0 aliphatic rings. The molecule has 0 aromatic heterocycles. The second-order valence-electron chi connectivity index (χ2n) is 5.49. The number of hydrogen-bond acceptors (Lipinski definition) is 2. The zero-order valence-corrected chi connectivity index (χ0v) is 12.5. The largest absolute Gasteiger partial charge is 0.393 e. The van der Waals surface area contributed by atoms with E-state index in [1.54, 1.807) is 0 Å². The molecule has 0 saturated carbocycles. The van der Waals surface area contributed by atoms with E-state index < -0.39 is 0 Å². The highest BCUT2D eigenvalue weighted by Gasteiger charge is 2.20. The van der Waals surface area contributed by atoms with Gasteiger partial charge in [0.05, 0.1) is 6.10 Å². The maximum atomic E-state index is 10.3. The van der Waals surface area contributed by atoms with Crippen LogP contribution >= 0.6 is 0 Å². The molecule has 3 unspecified atom stereocenters. The molecular weight excluding hydrogens is 224 g/mol. The van der Waals surface area contributed by atoms with Gasteiger partial charge >= 0.3 is 0 Å². The third-order valence-electron chi connectivity index (χ3n) is 4.08. The van der Waals surface area contributed by atoms with Crippen molar-refractivity contribution < 1.29 is 9.90 Å². The lowest BCUT2D eigenvalue weighted by Gasteiger charge is -2.25. The number of aliphatic hydroxyl groups is 1. The number of aliphatic hydroxyl groups excluding tert-OH is 1. The van der Waals surface area contributed by atoms with Crippen LogP contribution in [0.2, 0.25) is 0 Å². The molecule has 0 amide bonds. The molecule has 0 saturated heterocycles. The van der Waals surface area contributed by atoms with Crippen molar-refractivity contribution in [3.05, 3.63) is 0 Å². The number of hydrogen-bond donors (Lipinski definition) is 1. The lowest BCUT2D eigenvalue weighted by molar-refractivity contribution is -0.108. The standard InChI is InChI=1S/C16H32O2/c1-4-7-11-15(6-3)16(18)13-14(5-2)10-8-9-12-17/h12,14-16,18H,4-11,13H2,1-3H3. The van der Waals surface area contributed by atoms with Crippen molar-refractivity contribution >= 4 is 6.29 Å². The summed E-state index contributed by atoms with van der Waals surface area (Å²) in [5.74, 6) is 1.04. The Labute approximate surface area is 113 Å². The third kappa shape index (κ3) is 7.86. The average molecular weight is 256 g/mol. The van der Waals surface area contributed by atoms with E-state index in [1.807, 2.05) is 0 Å². The van der Waals surface area contributed by atoms with Crippen molar-refractivity contribution in [1.29, 1.82) is 0 Å². The van der Waals surface area contributed by atoms with E-state index >= 15 is 0 Å². The first-order chi connectivity index (χ1) is 8.69. The minimum Gasteiger partial charge on any atom is -0.393 e. The Hall–Kier alpha value is -0.370. The molecule has 0 spiro atoms. The lowest BCUT2D eigenvalue weighted by Crippen LogP contribution is -2.23. The van der Waals surface area contributed by atoms with Gasteiger partial charge in [0.1, 0.15) is 6.29 Å². The maximum Gasteiger partial charge on any atom is 0.119 e. The molecule has 0 aromatic rings. The van der Waals surface area contributed by atoms with Gasteiger partial charge in [-0.2, -0.15) is 0 Å². The number of rotatable bonds is 12. The fourth-order valence-electron chi connectivity index (χ4n) is 2.65. The molecule has 3 atom stereocenters. The van der Waals surface area contributed by atoms with Crippen molar-refractivity contribution in [1.82, 2.24) is 0 Å². The predicted octanol–water partition coefficient (Wildman–Crippen LogP) is 4.35. The minimum absolute atomic E-state index is 0.150. The van der Waals surface area contributed by atoms with E-state index in [0.717, 1.165) is 44.8 Å². The normalized spacial score (nSPS) is 16.2. The van der Waals surface area contributed by atoms with E-state index in [0.29, 0.717) is 18.3 Å². The highest BCUT2D eigenvalue weighted by molar-refractivity contribution is 5.48. The maximum absolute atomic E-state index is 10.3. The summed E-state index contributed by atoms with van der Waals surface area (Å²) >= 11 is 0. The van der Waals surface area contributed by atoms with Gasteiger partial charge in [0.2, 0.25) is 0 Å². The topological polar surface area (TPSA) is 37.3 Å². The van der Waals surface area contributed by atoms with Crippen molar-refractivity contribution in [3.8, 4) is 0 Å². The molecule has 0 radical (unpaired) electrons. The van der Waals surface area contributed by atoms with Crippen molar-refractivity contribution in [2.24, 2.45) is 11.8 Å². The van der Waals surface area contributed by atoms with Crippen molar-refractivity contribution in [3.63, 3.8) is 0 Å². The van der Waals surface area contributed by atoms with E-state index in [-0.39, 0.29) is 6.10 Å². The van der Waals surface area contributed by atoms with Crippen LogP contribution in [0, 0.1) is 11.8 Å². The monoisotopic (exact) mass is 256 g/mol. The Balaban J connectivity index is 4.04. The first-order valence-electron chi connectivity index (χ1n) is 7.81. The summed E-state index contributed by atoms with van der Waals surface area (Å²) in [6.07, 6.45) is 10.2. The van der Waals surface area contributed by atoms with Crippen LogP contribution < -0.4 is 0 Å². The van der Waals surface area contributed by atoms with E-state index in [2.05, 4.69) is 20.8 Å². The van der Waals surface area contributed by atoms with Crippen LogP contribution in [0.15, 0.2) is 0 Å². The van der Waals surface area contributed by atoms with Crippen LogP contribution in [0.5, 0.6) is 0 Å². The van der Waals surface area contributed by atoms with Gasteiger partial charge in [-0.3, -0.25) is 0 Å². The molecule has 2 nitrogen and oxygen atoms in total. The molecule has 2 heteroatoms. The number of unbranched alkanes of at least 4 members (excludes halogenated alkanes) is 2. The van der Waals surface area contributed by atoms with Crippen LogP contribution in [0.3, 0.4) is 0 Å². The summed E-state index contributed by atoms with van der Waals surface area (Å²) in [5.41, 5.74) is 0. The van der Waals surface area contributed by atoms with Crippen molar-refractivity contribution in [2.75, 3.05) is 0 Å². The quantitative estimate of drug-likeness (QED) is 0.416. The summed E-state index contributed by atoms with van der Waals surface area (Å²) in [6.45, 7) is 6.57. The van der Waals surface area contributed by atoms with Crippen LogP contribution in [-0.4, -0.2) is 17.5 Å². The van der Waals surface area contributed by atoms with Gasteiger partial charge in [0.25, 0.3) is 0 Å². The summed E-state index contributed by atoms with van der Waals surface area (Å²) in [5, 5.41) is 10.3. The Morgan fingerprint density at radius 3 is 2.28 bits per heavy atom. The number of carbonyl (C=O) groups is 1. The van der Waals surface area contributed by atoms with Crippen molar-refractivity contribution in [2.45, 2.75) is 84.7 Å². The second-order valence-corrected chi connectivity index (χ2v) is 5.49. The van der Waals surface area contributed by atoms with E-state index in [9.17, 15) is 9.90 Å². The lowest BCUT2D eigenvalue weighted by atomic mass is 9.85. The average Bonchev–Trinajstić information content (AvgIpc) is 2.38. The Morgan fingerprint density at radius 2 is 1.78 bits per heavy atom. The second kappa shape index (κ2) is 11.7. The van der Waals surface area contributed by atoms with Crippen LogP contribution in [0.25, 0.3) is 0 Å². The highest BCUT2D eigenvalue weighted by Crippen LogP contribution is 2.25. The van der Waals surface area contributed by atoms with E-state index in [1.165, 1.54) is 12.8 Å². The number of carbonyl (C=O) groups excluding carboxylic acids is 1. The van der Waals surface area contributed by atoms with Gasteiger partial charge in [0.15, 0.2) is 0 Å². The first kappa shape index (κ1) is 17.6. The van der Waals surface area contributed by atoms with Gasteiger partial charge in [-0.25, -0.2) is 0 Å². The number of aldehydes is 1. The van der Waals surface area contributed by atoms with Gasteiger partial charge in [0, 0.05) is 6.42 Å². The van der Waals surface area contributed by atoms with E-state index in [4.69, 9.17) is 0 Å². The molecule has 0 fully saturated rings. The molecule has 0 heterocycles. The molecule has 1 N–H and O–H groups in total. The molecule has 108 valence electrons. The van der Waals surface area contributed by atoms with Crippen LogP contribution in [0.1, 0.15) is 78.6 Å². The zero-order chi connectivity index (χ0) is 13.8. The SMILES string of the molecule is CCCCC(CC)C(O)CC(CC)CCCC=O. The third-order valence-corrected chi connectivity index (χ3v) is 4.08. The van der Waals surface area contributed by atoms with Gasteiger partial charge in [-0.1, -0.05) is 46.5 Å². The highest BCUT2D eigenvalue weighted by atomic mass is 16.3. The Bertz CT molecular complexity index is 192. The fourth-order valence-corrected chi connectivity index (χ4v) is 2.65. The molecule has 0 aromatic carbocycles. The molecular formula is C16H32O2. The Morgan fingerprint density at radius 1 is 1.06 bits per heavy atom. The summed E-state index contributed by atoms with van der Waals surface area (Å²) in [6, 6.07) is 0. The first-order valence-corrected chi connectivity index (χ1v) is 7.81. The predicted molar refractivity (Wildman–Crippen MR) is 77.6 cm³/mol. The molecule has 0 bridgehead atoms.